The molecule has 2 fully saturated rings. The van der Waals surface area contributed by atoms with Crippen LogP contribution in [0.25, 0.3) is 16.1 Å². The Balaban J connectivity index is 0.777. The van der Waals surface area contributed by atoms with Crippen LogP contribution in [0.2, 0.25) is 0 Å². The highest BCUT2D eigenvalue weighted by atomic mass is 32.1. The molecule has 3 aliphatic rings. The van der Waals surface area contributed by atoms with E-state index in [2.05, 4.69) is 53.3 Å². The van der Waals surface area contributed by atoms with E-state index in [4.69, 9.17) is 14.5 Å². The fourth-order valence-corrected chi connectivity index (χ4v) is 10.4. The van der Waals surface area contributed by atoms with Crippen molar-refractivity contribution >= 4 is 52.4 Å². The Kier molecular flexibility index (Phi) is 15.7. The molecule has 5 aromatic rings. The van der Waals surface area contributed by atoms with Gasteiger partial charge < -0.3 is 45.6 Å². The average Bonchev–Trinajstić information content (AvgIpc) is 4.20. The summed E-state index contributed by atoms with van der Waals surface area (Å²) in [5.41, 5.74) is 5.86. The summed E-state index contributed by atoms with van der Waals surface area (Å²) in [4.78, 5) is 72.7. The Morgan fingerprint density at radius 2 is 1.80 bits per heavy atom. The van der Waals surface area contributed by atoms with E-state index in [-0.39, 0.29) is 50.6 Å². The van der Waals surface area contributed by atoms with E-state index in [1.807, 2.05) is 62.0 Å². The molecule has 5 N–H and O–H groups in total. The number of aliphatic hydroxyl groups excluding tert-OH is 1. The van der Waals surface area contributed by atoms with Gasteiger partial charge in [-0.25, -0.2) is 9.97 Å². The molecule has 1 saturated heterocycles. The molecule has 5 heterocycles. The number of carbonyl (C=O) groups excluding carboxylic acids is 4. The molecule has 0 bridgehead atoms. The third-order valence-corrected chi connectivity index (χ3v) is 14.2. The van der Waals surface area contributed by atoms with Crippen molar-refractivity contribution in [2.45, 2.75) is 123 Å². The first-order chi connectivity index (χ1) is 33.7. The molecule has 4 amide bonds. The van der Waals surface area contributed by atoms with E-state index in [0.29, 0.717) is 48.4 Å². The van der Waals surface area contributed by atoms with Crippen LogP contribution in [-0.4, -0.2) is 121 Å². The number of likely N-dealkylation sites (tertiary alicyclic amines) is 1. The van der Waals surface area contributed by atoms with Crippen molar-refractivity contribution in [1.82, 2.24) is 50.6 Å². The van der Waals surface area contributed by atoms with Gasteiger partial charge in [-0.1, -0.05) is 64.8 Å². The summed E-state index contributed by atoms with van der Waals surface area (Å²) in [5.74, 6) is 1.01. The number of unbranched alkanes of at least 4 members (excludes halogenated alkanes) is 1. The fraction of sp³-hybridized carbons (Fsp3) is 0.500. The number of rotatable bonds is 19. The monoisotopic (exact) mass is 976 g/mol. The van der Waals surface area contributed by atoms with Gasteiger partial charge in [-0.2, -0.15) is 4.98 Å². The highest BCUT2D eigenvalue weighted by Crippen LogP contribution is 2.43. The summed E-state index contributed by atoms with van der Waals surface area (Å²) in [6.07, 6.45) is 9.28. The number of β-amino-alcohol motifs (C(OH)–C–C–N with tert-alkyl or cyclic N) is 1. The summed E-state index contributed by atoms with van der Waals surface area (Å²) >= 11 is 1.57. The third-order valence-electron chi connectivity index (χ3n) is 13.2. The van der Waals surface area contributed by atoms with Gasteiger partial charge >= 0.3 is 0 Å². The fourth-order valence-electron chi connectivity index (χ4n) is 9.54. The van der Waals surface area contributed by atoms with Crippen molar-refractivity contribution in [3.63, 3.8) is 0 Å². The second-order valence-electron chi connectivity index (χ2n) is 19.2. The molecule has 70 heavy (non-hydrogen) atoms. The maximum absolute atomic E-state index is 14.0. The minimum atomic E-state index is -0.978. The van der Waals surface area contributed by atoms with Crippen molar-refractivity contribution in [3.05, 3.63) is 83.1 Å². The van der Waals surface area contributed by atoms with Crippen molar-refractivity contribution in [3.8, 4) is 21.9 Å². The predicted molar refractivity (Wildman–Crippen MR) is 265 cm³/mol. The molecule has 372 valence electrons. The number of nitrogens with one attached hydrogen (secondary N) is 4. The van der Waals surface area contributed by atoms with Gasteiger partial charge in [-0.15, -0.1) is 21.5 Å². The summed E-state index contributed by atoms with van der Waals surface area (Å²) in [6.45, 7) is 10.2. The number of hydrogen-bond donors (Lipinski definition) is 5. The summed E-state index contributed by atoms with van der Waals surface area (Å²) < 4.78 is 13.3. The van der Waals surface area contributed by atoms with Gasteiger partial charge in [0.05, 0.1) is 47.2 Å². The molecule has 0 spiro atoms. The lowest BCUT2D eigenvalue weighted by molar-refractivity contribution is -0.144. The number of anilines is 3. The maximum Gasteiger partial charge on any atom is 0.251 e. The lowest BCUT2D eigenvalue weighted by atomic mass is 9.85. The number of aromatic nitrogens is 6. The van der Waals surface area contributed by atoms with Crippen LogP contribution in [0.5, 0.6) is 5.75 Å². The van der Waals surface area contributed by atoms with E-state index >= 15 is 0 Å². The number of ether oxygens (including phenoxy) is 2. The molecule has 0 unspecified atom stereocenters. The SMILES string of the molecule is CC[C@@H]1c2nncn2-c2cnc(Nc3ccc(C(=O)NCCCCOCC(=O)N[C@H](C(=O)N4C[C@H](O)C[C@H]4C(=O)NCc4ccc(-c5scnc5C)cc4)C(C)(C)C)cc3OC)nc2N1C1CCCC1. The smallest absolute Gasteiger partial charge is 0.251 e. The molecule has 0 radical (unpaired) electrons. The molecule has 1 saturated carbocycles. The molecule has 1 aliphatic carbocycles. The second kappa shape index (κ2) is 22.1. The lowest BCUT2D eigenvalue weighted by Gasteiger charge is -2.40. The average molecular weight is 977 g/mol. The zero-order valence-corrected chi connectivity index (χ0v) is 41.6. The Morgan fingerprint density at radius 1 is 1.01 bits per heavy atom. The molecular weight excluding hydrogens is 913 g/mol. The zero-order chi connectivity index (χ0) is 49.5. The van der Waals surface area contributed by atoms with E-state index < -0.39 is 35.4 Å². The Morgan fingerprint density at radius 3 is 2.51 bits per heavy atom. The van der Waals surface area contributed by atoms with Crippen molar-refractivity contribution in [2.24, 2.45) is 5.41 Å². The third kappa shape index (κ3) is 11.2. The highest BCUT2D eigenvalue weighted by Gasteiger charge is 2.45. The van der Waals surface area contributed by atoms with Crippen molar-refractivity contribution < 1.29 is 33.8 Å². The van der Waals surface area contributed by atoms with Crippen LogP contribution in [-0.2, 0) is 25.7 Å². The molecule has 4 atom stereocenters. The molecule has 20 heteroatoms. The maximum atomic E-state index is 14.0. The van der Waals surface area contributed by atoms with Gasteiger partial charge in [-0.05, 0) is 73.8 Å². The Labute approximate surface area is 412 Å². The number of nitrogens with zero attached hydrogens (tertiary/aromatic N) is 8. The van der Waals surface area contributed by atoms with Crippen LogP contribution in [0.1, 0.15) is 113 Å². The predicted octanol–water partition coefficient (Wildman–Crippen LogP) is 5.79. The number of fused-ring (bicyclic) bond motifs is 3. The minimum absolute atomic E-state index is 0.0250. The number of hydrogen-bond acceptors (Lipinski definition) is 15. The van der Waals surface area contributed by atoms with Crippen LogP contribution < -0.4 is 30.9 Å². The van der Waals surface area contributed by atoms with E-state index in [0.717, 1.165) is 58.3 Å². The van der Waals surface area contributed by atoms with Gasteiger partial charge in [0.2, 0.25) is 23.7 Å². The number of thiazole rings is 1. The van der Waals surface area contributed by atoms with Crippen molar-refractivity contribution in [2.75, 3.05) is 43.6 Å². The number of carbonyl (C=O) groups is 4. The minimum Gasteiger partial charge on any atom is -0.495 e. The van der Waals surface area contributed by atoms with Gasteiger partial charge in [0.25, 0.3) is 5.91 Å². The standard InChI is InChI=1S/C50H64N12O7S/c1-7-37-45-59-55-28-61(45)39-25-53-49(58-44(39)62(37)34-12-8-9-13-34)56-36-19-18-33(22-40(36)68-6)46(65)51-20-10-11-21-69-27-41(64)57-43(50(3,4)5)48(67)60-26-35(63)23-38(60)47(66)52-24-31-14-16-32(17-15-31)42-30(2)54-29-70-42/h14-19,22,25,28-29,34-35,37-38,43,63H,7-13,20-21,23-24,26-27H2,1-6H3,(H,51,65)(H,52,66)(H,57,64)(H,53,56,58)/t35-,37-,38+,43-/m1/s1. The van der Waals surface area contributed by atoms with Crippen LogP contribution in [0.3, 0.4) is 0 Å². The molecule has 19 nitrogen and oxygen atoms in total. The van der Waals surface area contributed by atoms with Gasteiger partial charge in [0.1, 0.15) is 36.5 Å². The first-order valence-electron chi connectivity index (χ1n) is 24.2. The highest BCUT2D eigenvalue weighted by molar-refractivity contribution is 7.13. The summed E-state index contributed by atoms with van der Waals surface area (Å²) in [6, 6.07) is 11.5. The van der Waals surface area contributed by atoms with Crippen LogP contribution >= 0.6 is 11.3 Å². The number of aryl methyl sites for hydroxylation is 1. The Hall–Kier alpha value is -6.51. The van der Waals surface area contributed by atoms with Gasteiger partial charge in [-0.3, -0.25) is 23.7 Å². The van der Waals surface area contributed by atoms with Crippen LogP contribution in [0.15, 0.2) is 60.5 Å². The van der Waals surface area contributed by atoms with Gasteiger partial charge in [0, 0.05) is 44.3 Å². The lowest BCUT2D eigenvalue weighted by Crippen LogP contribution is -2.58. The first kappa shape index (κ1) is 49.9. The topological polar surface area (TPSA) is 231 Å². The van der Waals surface area contributed by atoms with Crippen LogP contribution in [0, 0.1) is 12.3 Å². The Bertz CT molecular complexity index is 2640. The summed E-state index contributed by atoms with van der Waals surface area (Å²) in [5, 5.41) is 31.3. The van der Waals surface area contributed by atoms with Crippen molar-refractivity contribution in [1.29, 1.82) is 0 Å². The molecule has 3 aromatic heterocycles. The second-order valence-corrected chi connectivity index (χ2v) is 20.1. The summed E-state index contributed by atoms with van der Waals surface area (Å²) in [7, 11) is 1.54. The van der Waals surface area contributed by atoms with Gasteiger partial charge in [0.15, 0.2) is 11.6 Å². The normalized spacial score (nSPS) is 18.2. The quantitative estimate of drug-likeness (QED) is 0.0617. The number of aliphatic hydroxyl groups is 1. The van der Waals surface area contributed by atoms with E-state index in [1.165, 1.54) is 17.7 Å². The van der Waals surface area contributed by atoms with Crippen LogP contribution in [0.4, 0.5) is 17.5 Å². The van der Waals surface area contributed by atoms with E-state index in [9.17, 15) is 24.3 Å². The number of methoxy groups -OCH3 is 1. The molecule has 2 aliphatic heterocycles. The first-order valence-corrected chi connectivity index (χ1v) is 25.0. The number of amides is 4. The largest absolute Gasteiger partial charge is 0.495 e. The molecule has 8 rings (SSSR count). The molecule has 2 aromatic carbocycles. The number of benzene rings is 2. The zero-order valence-electron chi connectivity index (χ0n) is 40.7. The van der Waals surface area contributed by atoms with E-state index in [1.54, 1.807) is 49.2 Å². The molecular formula is C50H64N12O7S.